The molecule has 5 heteroatoms. The number of halogens is 1. The van der Waals surface area contributed by atoms with Crippen molar-refractivity contribution in [1.82, 2.24) is 9.88 Å². The van der Waals surface area contributed by atoms with Crippen molar-refractivity contribution in [2.75, 3.05) is 19.8 Å². The fourth-order valence-electron chi connectivity index (χ4n) is 2.28. The second-order valence-corrected chi connectivity index (χ2v) is 5.05. The van der Waals surface area contributed by atoms with Gasteiger partial charge in [0.05, 0.1) is 19.3 Å². The van der Waals surface area contributed by atoms with Gasteiger partial charge in [-0.2, -0.15) is 0 Å². The number of rotatable bonds is 3. The summed E-state index contributed by atoms with van der Waals surface area (Å²) in [5.74, 6) is 0.0224. The minimum Gasteiger partial charge on any atom is -0.377 e. The van der Waals surface area contributed by atoms with Crippen molar-refractivity contribution in [3.8, 4) is 0 Å². The monoisotopic (exact) mass is 282 g/mol. The largest absolute Gasteiger partial charge is 0.377 e. The van der Waals surface area contributed by atoms with E-state index in [2.05, 4.69) is 11.9 Å². The van der Waals surface area contributed by atoms with Gasteiger partial charge in [-0.15, -0.1) is 0 Å². The van der Waals surface area contributed by atoms with Crippen LogP contribution in [0.3, 0.4) is 0 Å². The lowest BCUT2D eigenvalue weighted by Gasteiger charge is -2.35. The summed E-state index contributed by atoms with van der Waals surface area (Å²) in [6.45, 7) is 5.91. The Morgan fingerprint density at radius 3 is 3.00 bits per heavy atom. The first-order chi connectivity index (χ1) is 9.15. The van der Waals surface area contributed by atoms with Crippen LogP contribution < -0.4 is 0 Å². The average molecular weight is 283 g/mol. The first-order valence-electron chi connectivity index (χ1n) is 6.70. The maximum atomic E-state index is 12.6. The highest BCUT2D eigenvalue weighted by Gasteiger charge is 2.27. The average Bonchev–Trinajstić information content (AvgIpc) is 2.45. The van der Waals surface area contributed by atoms with Gasteiger partial charge in [-0.3, -0.25) is 4.79 Å². The highest BCUT2D eigenvalue weighted by atomic mass is 35.5. The Labute approximate surface area is 118 Å². The number of hydrogen-bond acceptors (Lipinski definition) is 3. The Hall–Kier alpha value is -1.13. The molecule has 1 unspecified atom stereocenters. The van der Waals surface area contributed by atoms with E-state index in [1.54, 1.807) is 6.07 Å². The van der Waals surface area contributed by atoms with Crippen LogP contribution in [0.2, 0.25) is 5.15 Å². The predicted octanol–water partition coefficient (Wildman–Crippen LogP) is 2.55. The lowest BCUT2D eigenvalue weighted by atomic mass is 10.1. The normalized spacial score (nSPS) is 19.5. The van der Waals surface area contributed by atoms with Gasteiger partial charge < -0.3 is 9.64 Å². The van der Waals surface area contributed by atoms with Gasteiger partial charge in [0.2, 0.25) is 0 Å². The molecular formula is C14H19ClN2O2. The van der Waals surface area contributed by atoms with Gasteiger partial charge >= 0.3 is 0 Å². The van der Waals surface area contributed by atoms with Gasteiger partial charge in [-0.1, -0.05) is 25.4 Å². The van der Waals surface area contributed by atoms with Gasteiger partial charge in [-0.25, -0.2) is 4.98 Å². The molecular weight excluding hydrogens is 264 g/mol. The lowest BCUT2D eigenvalue weighted by Crippen LogP contribution is -2.48. The van der Waals surface area contributed by atoms with E-state index in [0.29, 0.717) is 30.5 Å². The van der Waals surface area contributed by atoms with Crippen LogP contribution in [0.5, 0.6) is 0 Å². The smallest absolute Gasteiger partial charge is 0.254 e. The summed E-state index contributed by atoms with van der Waals surface area (Å²) in [6.07, 6.45) is 1.66. The van der Waals surface area contributed by atoms with Crippen molar-refractivity contribution in [3.05, 3.63) is 28.5 Å². The summed E-state index contributed by atoms with van der Waals surface area (Å²) in [4.78, 5) is 18.6. The van der Waals surface area contributed by atoms with Crippen molar-refractivity contribution < 1.29 is 9.53 Å². The molecule has 1 atom stereocenters. The lowest BCUT2D eigenvalue weighted by molar-refractivity contribution is -0.00280. The molecule has 0 saturated carbocycles. The molecule has 104 valence electrons. The Morgan fingerprint density at radius 2 is 2.32 bits per heavy atom. The topological polar surface area (TPSA) is 42.4 Å². The molecule has 1 amide bonds. The maximum absolute atomic E-state index is 12.6. The minimum atomic E-state index is 0.0224. The third-order valence-electron chi connectivity index (χ3n) is 3.42. The van der Waals surface area contributed by atoms with Crippen LogP contribution in [-0.4, -0.2) is 41.6 Å². The van der Waals surface area contributed by atoms with Crippen LogP contribution in [0.15, 0.2) is 12.1 Å². The van der Waals surface area contributed by atoms with E-state index in [-0.39, 0.29) is 11.9 Å². The highest BCUT2D eigenvalue weighted by molar-refractivity contribution is 6.29. The van der Waals surface area contributed by atoms with Crippen molar-refractivity contribution in [1.29, 1.82) is 0 Å². The first kappa shape index (κ1) is 14.3. The van der Waals surface area contributed by atoms with Crippen LogP contribution >= 0.6 is 11.6 Å². The molecule has 0 spiro atoms. The predicted molar refractivity (Wildman–Crippen MR) is 74.6 cm³/mol. The summed E-state index contributed by atoms with van der Waals surface area (Å²) in [7, 11) is 0. The van der Waals surface area contributed by atoms with Gasteiger partial charge in [-0.05, 0) is 25.0 Å². The molecule has 1 aliphatic rings. The number of pyridine rings is 1. The Kier molecular flexibility index (Phi) is 4.77. The molecule has 1 saturated heterocycles. The van der Waals surface area contributed by atoms with E-state index in [9.17, 15) is 4.79 Å². The van der Waals surface area contributed by atoms with Gasteiger partial charge in [0, 0.05) is 17.8 Å². The van der Waals surface area contributed by atoms with Crippen molar-refractivity contribution >= 4 is 17.5 Å². The SMILES string of the molecule is CCc1cc(C(=O)N2CCOCC2CC)cc(Cl)n1. The van der Waals surface area contributed by atoms with E-state index in [4.69, 9.17) is 16.3 Å². The first-order valence-corrected chi connectivity index (χ1v) is 7.08. The Morgan fingerprint density at radius 1 is 1.53 bits per heavy atom. The molecule has 2 rings (SSSR count). The number of carbonyl (C=O) groups is 1. The molecule has 1 aliphatic heterocycles. The van der Waals surface area contributed by atoms with Crippen LogP contribution in [0.25, 0.3) is 0 Å². The number of nitrogens with zero attached hydrogens (tertiary/aromatic N) is 2. The molecule has 1 aromatic rings. The van der Waals surface area contributed by atoms with Crippen molar-refractivity contribution in [2.45, 2.75) is 32.7 Å². The summed E-state index contributed by atoms with van der Waals surface area (Å²) in [5, 5.41) is 0.379. The molecule has 0 N–H and O–H groups in total. The summed E-state index contributed by atoms with van der Waals surface area (Å²) in [5.41, 5.74) is 1.47. The standard InChI is InChI=1S/C14H19ClN2O2/c1-3-11-7-10(8-13(15)16-11)14(18)17-5-6-19-9-12(17)4-2/h7-8,12H,3-6,9H2,1-2H3. The molecule has 1 fully saturated rings. The zero-order valence-corrected chi connectivity index (χ0v) is 12.1. The summed E-state index contributed by atoms with van der Waals surface area (Å²) in [6, 6.07) is 3.63. The molecule has 0 aromatic carbocycles. The zero-order chi connectivity index (χ0) is 13.8. The van der Waals surface area contributed by atoms with E-state index >= 15 is 0 Å². The highest BCUT2D eigenvalue weighted by Crippen LogP contribution is 2.18. The second-order valence-electron chi connectivity index (χ2n) is 4.66. The molecule has 19 heavy (non-hydrogen) atoms. The molecule has 1 aromatic heterocycles. The fourth-order valence-corrected chi connectivity index (χ4v) is 2.51. The van der Waals surface area contributed by atoms with Gasteiger partial charge in [0.15, 0.2) is 0 Å². The number of amides is 1. The molecule has 0 radical (unpaired) electrons. The second kappa shape index (κ2) is 6.35. The molecule has 4 nitrogen and oxygen atoms in total. The van der Waals surface area contributed by atoms with Crippen LogP contribution in [0.1, 0.15) is 36.3 Å². The Balaban J connectivity index is 2.24. The van der Waals surface area contributed by atoms with E-state index in [0.717, 1.165) is 18.5 Å². The molecule has 0 bridgehead atoms. The van der Waals surface area contributed by atoms with Crippen LogP contribution in [0.4, 0.5) is 0 Å². The van der Waals surface area contributed by atoms with Crippen molar-refractivity contribution in [2.24, 2.45) is 0 Å². The number of morpholine rings is 1. The fraction of sp³-hybridized carbons (Fsp3) is 0.571. The number of aromatic nitrogens is 1. The number of hydrogen-bond donors (Lipinski definition) is 0. The quantitative estimate of drug-likeness (QED) is 0.800. The van der Waals surface area contributed by atoms with E-state index in [1.165, 1.54) is 0 Å². The van der Waals surface area contributed by atoms with Crippen LogP contribution in [-0.2, 0) is 11.2 Å². The summed E-state index contributed by atoms with van der Waals surface area (Å²) < 4.78 is 5.43. The third kappa shape index (κ3) is 3.25. The maximum Gasteiger partial charge on any atom is 0.254 e. The zero-order valence-electron chi connectivity index (χ0n) is 11.4. The van der Waals surface area contributed by atoms with E-state index in [1.807, 2.05) is 17.9 Å². The number of ether oxygens (including phenoxy) is 1. The number of carbonyl (C=O) groups excluding carboxylic acids is 1. The molecule has 2 heterocycles. The van der Waals surface area contributed by atoms with Gasteiger partial charge in [0.25, 0.3) is 5.91 Å². The Bertz CT molecular complexity index is 465. The van der Waals surface area contributed by atoms with Crippen LogP contribution in [0, 0.1) is 0 Å². The number of aryl methyl sites for hydroxylation is 1. The van der Waals surface area contributed by atoms with E-state index < -0.39 is 0 Å². The third-order valence-corrected chi connectivity index (χ3v) is 3.61. The molecule has 0 aliphatic carbocycles. The van der Waals surface area contributed by atoms with Gasteiger partial charge in [0.1, 0.15) is 5.15 Å². The van der Waals surface area contributed by atoms with Crippen molar-refractivity contribution in [3.63, 3.8) is 0 Å². The summed E-state index contributed by atoms with van der Waals surface area (Å²) >= 11 is 5.98. The minimum absolute atomic E-state index is 0.0224.